The number of nitrogens with one attached hydrogen (secondary N) is 2. The fourth-order valence-corrected chi connectivity index (χ4v) is 3.03. The van der Waals surface area contributed by atoms with Gasteiger partial charge in [-0.2, -0.15) is 0 Å². The third-order valence-corrected chi connectivity index (χ3v) is 5.06. The van der Waals surface area contributed by atoms with Crippen molar-refractivity contribution in [2.75, 3.05) is 39.3 Å². The quantitative estimate of drug-likeness (QED) is 0.113. The standard InChI is InChI=1S/C13H14N4O2.C13H13N3O2/c14-8-3-1-7(2-4-8)13(19)17-11-5-9(15)10(16)6-12(11)18;14-9-3-1-8(2-4-9)13(18)16-11-7-10(15)5-6-12(11)17/h1-6,18H,14-16H2,(H,17,19);1-7,17H,14-15H2,(H,16,18). The highest BCUT2D eigenvalue weighted by Crippen LogP contribution is 2.31. The number of hydrogen-bond donors (Lipinski definition) is 9. The Balaban J connectivity index is 0.000000206. The molecule has 14 N–H and O–H groups in total. The molecule has 2 amide bonds. The van der Waals surface area contributed by atoms with E-state index in [4.69, 9.17) is 28.7 Å². The first-order valence-corrected chi connectivity index (χ1v) is 10.8. The van der Waals surface area contributed by atoms with E-state index in [1.54, 1.807) is 54.6 Å². The summed E-state index contributed by atoms with van der Waals surface area (Å²) in [6.45, 7) is 0. The number of benzene rings is 4. The van der Waals surface area contributed by atoms with Gasteiger partial charge in [0, 0.05) is 34.3 Å². The molecule has 0 aliphatic rings. The smallest absolute Gasteiger partial charge is 0.255 e. The van der Waals surface area contributed by atoms with Crippen LogP contribution in [0.2, 0.25) is 0 Å². The molecule has 0 aromatic heterocycles. The van der Waals surface area contributed by atoms with E-state index in [-0.39, 0.29) is 46.1 Å². The second kappa shape index (κ2) is 11.2. The fraction of sp³-hybridized carbons (Fsp3) is 0. The van der Waals surface area contributed by atoms with Crippen LogP contribution in [0.15, 0.2) is 78.9 Å². The molecule has 0 aliphatic carbocycles. The zero-order valence-corrected chi connectivity index (χ0v) is 19.6. The molecule has 11 nitrogen and oxygen atoms in total. The summed E-state index contributed by atoms with van der Waals surface area (Å²) in [4.78, 5) is 23.8. The molecule has 0 unspecified atom stereocenters. The molecular weight excluding hydrogens is 474 g/mol. The second-order valence-corrected chi connectivity index (χ2v) is 7.93. The van der Waals surface area contributed by atoms with Gasteiger partial charge in [-0.3, -0.25) is 9.59 Å². The summed E-state index contributed by atoms with van der Waals surface area (Å²) in [6.07, 6.45) is 0. The molecule has 0 aliphatic heterocycles. The number of nitrogens with two attached hydrogens (primary N) is 5. The Morgan fingerprint density at radius 3 is 1.41 bits per heavy atom. The van der Waals surface area contributed by atoms with Gasteiger partial charge >= 0.3 is 0 Å². The van der Waals surface area contributed by atoms with Crippen molar-refractivity contribution in [1.29, 1.82) is 0 Å². The molecule has 37 heavy (non-hydrogen) atoms. The van der Waals surface area contributed by atoms with Gasteiger partial charge in [0.25, 0.3) is 11.8 Å². The van der Waals surface area contributed by atoms with Gasteiger partial charge < -0.3 is 49.5 Å². The number of carbonyl (C=O) groups excluding carboxylic acids is 2. The lowest BCUT2D eigenvalue weighted by molar-refractivity contribution is 0.101. The average Bonchev–Trinajstić information content (AvgIpc) is 2.86. The summed E-state index contributed by atoms with van der Waals surface area (Å²) in [5.74, 6) is -0.890. The van der Waals surface area contributed by atoms with Crippen LogP contribution in [0.5, 0.6) is 11.5 Å². The molecule has 0 saturated heterocycles. The van der Waals surface area contributed by atoms with E-state index in [1.807, 2.05) is 0 Å². The highest BCUT2D eigenvalue weighted by molar-refractivity contribution is 6.06. The Bertz CT molecular complexity index is 1420. The summed E-state index contributed by atoms with van der Waals surface area (Å²) >= 11 is 0. The van der Waals surface area contributed by atoms with Crippen LogP contribution in [0, 0.1) is 0 Å². The minimum Gasteiger partial charge on any atom is -0.506 e. The lowest BCUT2D eigenvalue weighted by Gasteiger charge is -2.10. The van der Waals surface area contributed by atoms with E-state index >= 15 is 0 Å². The lowest BCUT2D eigenvalue weighted by atomic mass is 10.1. The van der Waals surface area contributed by atoms with Gasteiger partial charge in [0.15, 0.2) is 0 Å². The van der Waals surface area contributed by atoms with E-state index in [0.717, 1.165) is 0 Å². The van der Waals surface area contributed by atoms with Crippen molar-refractivity contribution in [3.8, 4) is 11.5 Å². The number of phenolic OH excluding ortho intramolecular Hbond substituents is 2. The average molecular weight is 502 g/mol. The maximum Gasteiger partial charge on any atom is 0.255 e. The van der Waals surface area contributed by atoms with Crippen LogP contribution in [0.25, 0.3) is 0 Å². The number of rotatable bonds is 4. The Morgan fingerprint density at radius 1 is 0.514 bits per heavy atom. The molecule has 0 fully saturated rings. The SMILES string of the molecule is Nc1ccc(C(=O)Nc2cc(N)c(N)cc2O)cc1.Nc1ccc(C(=O)Nc2cc(N)ccc2O)cc1. The number of hydrogen-bond acceptors (Lipinski definition) is 9. The highest BCUT2D eigenvalue weighted by atomic mass is 16.3. The molecule has 0 atom stereocenters. The van der Waals surface area contributed by atoms with Gasteiger partial charge in [-0.1, -0.05) is 0 Å². The van der Waals surface area contributed by atoms with Crippen LogP contribution in [0.3, 0.4) is 0 Å². The number of carbonyl (C=O) groups is 2. The number of nitrogen functional groups attached to an aromatic ring is 5. The first kappa shape index (κ1) is 26.0. The summed E-state index contributed by atoms with van der Waals surface area (Å²) in [6, 6.07) is 20.0. The van der Waals surface area contributed by atoms with Gasteiger partial charge in [-0.25, -0.2) is 0 Å². The fourth-order valence-electron chi connectivity index (χ4n) is 3.03. The molecule has 11 heteroatoms. The molecule has 0 spiro atoms. The molecule has 190 valence electrons. The van der Waals surface area contributed by atoms with Gasteiger partial charge in [-0.15, -0.1) is 0 Å². The molecule has 4 aromatic rings. The predicted octanol–water partition coefficient (Wildman–Crippen LogP) is 3.20. The van der Waals surface area contributed by atoms with Crippen LogP contribution in [0.4, 0.5) is 39.8 Å². The molecule has 0 bridgehead atoms. The summed E-state index contributed by atoms with van der Waals surface area (Å²) < 4.78 is 0. The minimum absolute atomic E-state index is 0.0343. The third kappa shape index (κ3) is 6.96. The molecule has 4 rings (SSSR count). The number of aromatic hydroxyl groups is 2. The Hall–Kier alpha value is -5.58. The van der Waals surface area contributed by atoms with Crippen LogP contribution >= 0.6 is 0 Å². The van der Waals surface area contributed by atoms with Crippen molar-refractivity contribution < 1.29 is 19.8 Å². The van der Waals surface area contributed by atoms with E-state index in [9.17, 15) is 19.8 Å². The first-order chi connectivity index (χ1) is 17.5. The Labute approximate surface area is 212 Å². The maximum absolute atomic E-state index is 11.9. The van der Waals surface area contributed by atoms with Crippen molar-refractivity contribution in [3.05, 3.63) is 90.0 Å². The molecule has 0 saturated carbocycles. The van der Waals surface area contributed by atoms with Crippen molar-refractivity contribution >= 4 is 51.6 Å². The highest BCUT2D eigenvalue weighted by Gasteiger charge is 2.11. The Morgan fingerprint density at radius 2 is 0.919 bits per heavy atom. The third-order valence-electron chi connectivity index (χ3n) is 5.06. The van der Waals surface area contributed by atoms with Gasteiger partial charge in [0.2, 0.25) is 0 Å². The predicted molar refractivity (Wildman–Crippen MR) is 147 cm³/mol. The van der Waals surface area contributed by atoms with E-state index < -0.39 is 0 Å². The number of amides is 2. The molecule has 4 aromatic carbocycles. The van der Waals surface area contributed by atoms with E-state index in [1.165, 1.54) is 24.3 Å². The first-order valence-electron chi connectivity index (χ1n) is 10.8. The minimum atomic E-state index is -0.375. The molecular formula is C26H27N7O4. The zero-order chi connectivity index (χ0) is 27.1. The molecule has 0 radical (unpaired) electrons. The van der Waals surface area contributed by atoms with Crippen molar-refractivity contribution in [2.24, 2.45) is 0 Å². The largest absolute Gasteiger partial charge is 0.506 e. The second-order valence-electron chi connectivity index (χ2n) is 7.93. The zero-order valence-electron chi connectivity index (χ0n) is 19.6. The Kier molecular flexibility index (Phi) is 7.90. The summed E-state index contributed by atoms with van der Waals surface area (Å²) in [5, 5.41) is 24.4. The van der Waals surface area contributed by atoms with Gasteiger partial charge in [-0.05, 0) is 72.8 Å². The van der Waals surface area contributed by atoms with Crippen molar-refractivity contribution in [3.63, 3.8) is 0 Å². The molecule has 0 heterocycles. The lowest BCUT2D eigenvalue weighted by Crippen LogP contribution is -2.12. The number of phenols is 2. The monoisotopic (exact) mass is 501 g/mol. The topological polar surface area (TPSA) is 229 Å². The normalized spacial score (nSPS) is 10.1. The van der Waals surface area contributed by atoms with Crippen molar-refractivity contribution in [1.82, 2.24) is 0 Å². The van der Waals surface area contributed by atoms with E-state index in [2.05, 4.69) is 10.6 Å². The summed E-state index contributed by atoms with van der Waals surface area (Å²) in [7, 11) is 0. The van der Waals surface area contributed by atoms with Gasteiger partial charge in [0.05, 0.1) is 22.7 Å². The van der Waals surface area contributed by atoms with Crippen LogP contribution in [0.1, 0.15) is 20.7 Å². The van der Waals surface area contributed by atoms with E-state index in [0.29, 0.717) is 28.2 Å². The summed E-state index contributed by atoms with van der Waals surface area (Å²) in [5.41, 5.74) is 31.3. The van der Waals surface area contributed by atoms with Gasteiger partial charge in [0.1, 0.15) is 11.5 Å². The van der Waals surface area contributed by atoms with Crippen LogP contribution in [-0.2, 0) is 0 Å². The van der Waals surface area contributed by atoms with Crippen LogP contribution < -0.4 is 39.3 Å². The van der Waals surface area contributed by atoms with Crippen molar-refractivity contribution in [2.45, 2.75) is 0 Å². The number of anilines is 7. The maximum atomic E-state index is 11.9. The van der Waals surface area contributed by atoms with Crippen LogP contribution in [-0.4, -0.2) is 22.0 Å².